The second kappa shape index (κ2) is 7.51. The van der Waals surface area contributed by atoms with E-state index in [0.29, 0.717) is 0 Å². The van der Waals surface area contributed by atoms with Crippen LogP contribution in [0.4, 0.5) is 0 Å². The smallest absolute Gasteiger partial charge is 0.0789 e. The van der Waals surface area contributed by atoms with Gasteiger partial charge in [0.2, 0.25) is 0 Å². The third-order valence-corrected chi connectivity index (χ3v) is 8.48. The SMILES string of the molecule is Cc1cc2ccc(-c3cc4c(-c5cc(C(C)(C)C)c6ccccc6c5)nccc4s3)cc2s1. The molecule has 3 aromatic heterocycles. The molecular formula is C30H25NS2. The van der Waals surface area contributed by atoms with Crippen molar-refractivity contribution < 1.29 is 0 Å². The van der Waals surface area contributed by atoms with E-state index in [1.54, 1.807) is 0 Å². The molecular weight excluding hydrogens is 438 g/mol. The maximum Gasteiger partial charge on any atom is 0.0789 e. The van der Waals surface area contributed by atoms with Crippen molar-refractivity contribution in [1.29, 1.82) is 0 Å². The average Bonchev–Trinajstić information content (AvgIpc) is 3.39. The van der Waals surface area contributed by atoms with Gasteiger partial charge in [0.05, 0.1) is 5.69 Å². The van der Waals surface area contributed by atoms with Gasteiger partial charge in [-0.25, -0.2) is 0 Å². The van der Waals surface area contributed by atoms with Crippen LogP contribution < -0.4 is 0 Å². The molecule has 0 aliphatic rings. The fourth-order valence-electron chi connectivity index (χ4n) is 4.72. The van der Waals surface area contributed by atoms with Gasteiger partial charge in [0.15, 0.2) is 0 Å². The molecule has 0 amide bonds. The molecule has 6 rings (SSSR count). The fraction of sp³-hybridized carbons (Fsp3) is 0.167. The summed E-state index contributed by atoms with van der Waals surface area (Å²) in [6, 6.07) is 26.9. The average molecular weight is 464 g/mol. The molecule has 0 aliphatic carbocycles. The minimum absolute atomic E-state index is 0.0531. The van der Waals surface area contributed by atoms with Crippen LogP contribution in [-0.4, -0.2) is 4.98 Å². The molecule has 6 aromatic rings. The van der Waals surface area contributed by atoms with E-state index in [2.05, 4.69) is 100 Å². The number of hydrogen-bond donors (Lipinski definition) is 0. The molecule has 33 heavy (non-hydrogen) atoms. The van der Waals surface area contributed by atoms with Crippen LogP contribution in [0.5, 0.6) is 0 Å². The molecule has 0 aliphatic heterocycles. The molecule has 3 heteroatoms. The Morgan fingerprint density at radius 1 is 0.697 bits per heavy atom. The standard InChI is InChI=1S/C30H25NS2/c1-18-13-20-9-10-21(16-27(20)32-18)28-17-24-26(33-28)11-12-31-29(24)22-14-19-7-5-6-8-23(19)25(15-22)30(2,3)4/h5-17H,1-4H3. The second-order valence-electron chi connectivity index (χ2n) is 9.79. The molecule has 0 radical (unpaired) electrons. The topological polar surface area (TPSA) is 12.9 Å². The Bertz CT molecular complexity index is 1660. The first-order chi connectivity index (χ1) is 15.9. The Balaban J connectivity index is 1.55. The van der Waals surface area contributed by atoms with E-state index in [0.717, 1.165) is 5.69 Å². The minimum Gasteiger partial charge on any atom is -0.256 e. The van der Waals surface area contributed by atoms with Crippen LogP contribution in [0.15, 0.2) is 79.0 Å². The molecule has 0 unspecified atom stereocenters. The van der Waals surface area contributed by atoms with Crippen LogP contribution in [0.25, 0.3) is 52.6 Å². The van der Waals surface area contributed by atoms with Crippen molar-refractivity contribution in [3.8, 4) is 21.7 Å². The highest BCUT2D eigenvalue weighted by molar-refractivity contribution is 7.22. The Morgan fingerprint density at radius 3 is 2.39 bits per heavy atom. The Kier molecular flexibility index (Phi) is 4.69. The van der Waals surface area contributed by atoms with Gasteiger partial charge in [0.25, 0.3) is 0 Å². The predicted octanol–water partition coefficient (Wildman–Crippen LogP) is 9.60. The first-order valence-electron chi connectivity index (χ1n) is 11.3. The summed E-state index contributed by atoms with van der Waals surface area (Å²) in [4.78, 5) is 7.53. The number of benzene rings is 3. The Hall–Kier alpha value is -3.01. The molecule has 162 valence electrons. The molecule has 0 atom stereocenters. The Morgan fingerprint density at radius 2 is 1.55 bits per heavy atom. The van der Waals surface area contributed by atoms with E-state index in [-0.39, 0.29) is 5.41 Å². The van der Waals surface area contributed by atoms with Crippen molar-refractivity contribution in [3.63, 3.8) is 0 Å². The van der Waals surface area contributed by atoms with Gasteiger partial charge in [-0.2, -0.15) is 0 Å². The molecule has 0 saturated carbocycles. The van der Waals surface area contributed by atoms with Crippen LogP contribution in [0.3, 0.4) is 0 Å². The number of fused-ring (bicyclic) bond motifs is 3. The number of rotatable bonds is 2. The maximum atomic E-state index is 4.88. The summed E-state index contributed by atoms with van der Waals surface area (Å²) < 4.78 is 2.63. The molecule has 0 bridgehead atoms. The zero-order valence-electron chi connectivity index (χ0n) is 19.3. The quantitative estimate of drug-likeness (QED) is 0.249. The largest absolute Gasteiger partial charge is 0.256 e. The first-order valence-corrected chi connectivity index (χ1v) is 12.9. The predicted molar refractivity (Wildman–Crippen MR) is 147 cm³/mol. The van der Waals surface area contributed by atoms with Gasteiger partial charge in [0, 0.05) is 36.3 Å². The molecule has 0 saturated heterocycles. The highest BCUT2D eigenvalue weighted by atomic mass is 32.1. The fourth-order valence-corrected chi connectivity index (χ4v) is 6.74. The van der Waals surface area contributed by atoms with Crippen LogP contribution in [0.2, 0.25) is 0 Å². The molecule has 0 spiro atoms. The van der Waals surface area contributed by atoms with Gasteiger partial charge in [-0.05, 0) is 76.0 Å². The number of aromatic nitrogens is 1. The lowest BCUT2D eigenvalue weighted by Gasteiger charge is -2.22. The van der Waals surface area contributed by atoms with E-state index in [1.165, 1.54) is 57.4 Å². The summed E-state index contributed by atoms with van der Waals surface area (Å²) >= 11 is 3.72. The monoisotopic (exact) mass is 463 g/mol. The van der Waals surface area contributed by atoms with Gasteiger partial charge < -0.3 is 0 Å². The normalized spacial score (nSPS) is 12.2. The van der Waals surface area contributed by atoms with Crippen molar-refractivity contribution in [2.24, 2.45) is 0 Å². The van der Waals surface area contributed by atoms with Gasteiger partial charge in [-0.3, -0.25) is 4.98 Å². The van der Waals surface area contributed by atoms with Gasteiger partial charge in [0.1, 0.15) is 0 Å². The highest BCUT2D eigenvalue weighted by Gasteiger charge is 2.20. The van der Waals surface area contributed by atoms with E-state index in [1.807, 2.05) is 28.9 Å². The van der Waals surface area contributed by atoms with Crippen molar-refractivity contribution >= 4 is 53.6 Å². The third kappa shape index (κ3) is 3.56. The van der Waals surface area contributed by atoms with Crippen LogP contribution >= 0.6 is 22.7 Å². The van der Waals surface area contributed by atoms with E-state index in [9.17, 15) is 0 Å². The van der Waals surface area contributed by atoms with Crippen LogP contribution in [0, 0.1) is 6.92 Å². The number of hydrogen-bond acceptors (Lipinski definition) is 3. The summed E-state index contributed by atoms with van der Waals surface area (Å²) in [6.45, 7) is 9.05. The molecule has 3 aromatic carbocycles. The molecule has 0 fully saturated rings. The summed E-state index contributed by atoms with van der Waals surface area (Å²) in [5.74, 6) is 0. The van der Waals surface area contributed by atoms with Crippen molar-refractivity contribution in [2.45, 2.75) is 33.1 Å². The zero-order chi connectivity index (χ0) is 22.7. The van der Waals surface area contributed by atoms with Gasteiger partial charge in [-0.15, -0.1) is 22.7 Å². The summed E-state index contributed by atoms with van der Waals surface area (Å²) in [7, 11) is 0. The number of nitrogens with zero attached hydrogens (tertiary/aromatic N) is 1. The molecule has 1 nitrogen and oxygen atoms in total. The summed E-state index contributed by atoms with van der Waals surface area (Å²) in [6.07, 6.45) is 1.95. The lowest BCUT2D eigenvalue weighted by Crippen LogP contribution is -2.12. The van der Waals surface area contributed by atoms with Crippen LogP contribution in [-0.2, 0) is 5.41 Å². The summed E-state index contributed by atoms with van der Waals surface area (Å²) in [5.41, 5.74) is 4.96. The van der Waals surface area contributed by atoms with Crippen molar-refractivity contribution in [3.05, 3.63) is 89.4 Å². The zero-order valence-corrected chi connectivity index (χ0v) is 20.9. The number of thiophene rings is 2. The van der Waals surface area contributed by atoms with Crippen molar-refractivity contribution in [2.75, 3.05) is 0 Å². The van der Waals surface area contributed by atoms with E-state index < -0.39 is 0 Å². The lowest BCUT2D eigenvalue weighted by molar-refractivity contribution is 0.596. The second-order valence-corrected chi connectivity index (χ2v) is 12.2. The Labute approximate surface area is 202 Å². The number of aryl methyl sites for hydroxylation is 1. The molecule has 3 heterocycles. The maximum absolute atomic E-state index is 4.88. The first kappa shape index (κ1) is 20.6. The molecule has 0 N–H and O–H groups in total. The highest BCUT2D eigenvalue weighted by Crippen LogP contribution is 2.41. The van der Waals surface area contributed by atoms with E-state index >= 15 is 0 Å². The number of pyridine rings is 1. The van der Waals surface area contributed by atoms with Gasteiger partial charge in [-0.1, -0.05) is 57.2 Å². The third-order valence-electron chi connectivity index (χ3n) is 6.32. The summed E-state index contributed by atoms with van der Waals surface area (Å²) in [5, 5.41) is 5.16. The van der Waals surface area contributed by atoms with Gasteiger partial charge >= 0.3 is 0 Å². The minimum atomic E-state index is 0.0531. The van der Waals surface area contributed by atoms with Crippen LogP contribution in [0.1, 0.15) is 31.2 Å². The lowest BCUT2D eigenvalue weighted by atomic mass is 9.82. The van der Waals surface area contributed by atoms with E-state index in [4.69, 9.17) is 4.98 Å². The van der Waals surface area contributed by atoms with Crippen molar-refractivity contribution in [1.82, 2.24) is 4.98 Å².